The third kappa shape index (κ3) is 3.70. The highest BCUT2D eigenvalue weighted by Gasteiger charge is 2.23. The Hall–Kier alpha value is -6.01. The van der Waals surface area contributed by atoms with Crippen LogP contribution in [0.4, 0.5) is 0 Å². The standard InChI is InChI=1S/C37H23N5O/c1-4-12-24(13-5-1)29-23-30(39-35(38-29)25-14-6-2-7-15-25)26-20-21-32-31(22-26)40-37-41(27-16-8-3-9-17-27)34-28-18-10-11-19-33(28)43-36(34)42(32)37/h1-23H. The van der Waals surface area contributed by atoms with E-state index in [1.54, 1.807) is 0 Å². The van der Waals surface area contributed by atoms with Crippen LogP contribution in [0.5, 0.6) is 0 Å². The van der Waals surface area contributed by atoms with Gasteiger partial charge in [-0.25, -0.2) is 19.4 Å². The van der Waals surface area contributed by atoms with Crippen LogP contribution in [-0.2, 0) is 0 Å². The van der Waals surface area contributed by atoms with Gasteiger partial charge in [0.15, 0.2) is 5.82 Å². The lowest BCUT2D eigenvalue weighted by molar-refractivity contribution is 0.651. The molecular weight excluding hydrogens is 530 g/mol. The molecule has 43 heavy (non-hydrogen) atoms. The Bertz CT molecular complexity index is 2380. The van der Waals surface area contributed by atoms with Crippen LogP contribution < -0.4 is 0 Å². The molecule has 9 aromatic rings. The van der Waals surface area contributed by atoms with Gasteiger partial charge in [-0.05, 0) is 42.5 Å². The summed E-state index contributed by atoms with van der Waals surface area (Å²) in [7, 11) is 0. The van der Waals surface area contributed by atoms with E-state index in [1.807, 2.05) is 84.9 Å². The number of aromatic nitrogens is 5. The molecule has 0 radical (unpaired) electrons. The summed E-state index contributed by atoms with van der Waals surface area (Å²) in [5.41, 5.74) is 10.2. The molecule has 202 valence electrons. The molecule has 6 nitrogen and oxygen atoms in total. The van der Waals surface area contributed by atoms with Crippen molar-refractivity contribution in [2.24, 2.45) is 0 Å². The second-order valence-electron chi connectivity index (χ2n) is 10.6. The zero-order valence-electron chi connectivity index (χ0n) is 22.9. The zero-order chi connectivity index (χ0) is 28.3. The van der Waals surface area contributed by atoms with Crippen LogP contribution >= 0.6 is 0 Å². The zero-order valence-corrected chi connectivity index (χ0v) is 22.9. The number of hydrogen-bond donors (Lipinski definition) is 0. The number of furan rings is 1. The molecule has 0 fully saturated rings. The first kappa shape index (κ1) is 23.7. The first-order valence-corrected chi connectivity index (χ1v) is 14.2. The lowest BCUT2D eigenvalue weighted by Gasteiger charge is -2.09. The summed E-state index contributed by atoms with van der Waals surface area (Å²) >= 11 is 0. The van der Waals surface area contributed by atoms with E-state index in [-0.39, 0.29) is 0 Å². The summed E-state index contributed by atoms with van der Waals surface area (Å²) in [5.74, 6) is 1.49. The minimum absolute atomic E-state index is 0.687. The molecule has 0 amide bonds. The number of nitrogens with zero attached hydrogens (tertiary/aromatic N) is 5. The van der Waals surface area contributed by atoms with Gasteiger partial charge in [-0.1, -0.05) is 97.1 Å². The highest BCUT2D eigenvalue weighted by atomic mass is 16.3. The fourth-order valence-corrected chi connectivity index (χ4v) is 5.95. The Kier molecular flexibility index (Phi) is 5.10. The molecule has 4 aromatic heterocycles. The predicted molar refractivity (Wildman–Crippen MR) is 171 cm³/mol. The summed E-state index contributed by atoms with van der Waals surface area (Å²) in [6.07, 6.45) is 0. The van der Waals surface area contributed by atoms with Crippen molar-refractivity contribution in [3.63, 3.8) is 0 Å². The Balaban J connectivity index is 1.29. The number of benzene rings is 5. The minimum atomic E-state index is 0.687. The lowest BCUT2D eigenvalue weighted by Crippen LogP contribution is -1.96. The molecule has 0 aliphatic carbocycles. The van der Waals surface area contributed by atoms with E-state index in [2.05, 4.69) is 63.6 Å². The Morgan fingerprint density at radius 1 is 0.535 bits per heavy atom. The topological polar surface area (TPSA) is 61.2 Å². The Morgan fingerprint density at radius 3 is 1.95 bits per heavy atom. The minimum Gasteiger partial charge on any atom is -0.437 e. The first-order chi connectivity index (χ1) is 21.3. The maximum absolute atomic E-state index is 6.46. The van der Waals surface area contributed by atoms with Gasteiger partial charge in [-0.2, -0.15) is 0 Å². The van der Waals surface area contributed by atoms with Crippen molar-refractivity contribution in [2.75, 3.05) is 0 Å². The highest BCUT2D eigenvalue weighted by Crippen LogP contribution is 2.37. The van der Waals surface area contributed by atoms with Gasteiger partial charge < -0.3 is 4.42 Å². The van der Waals surface area contributed by atoms with Crippen molar-refractivity contribution in [3.05, 3.63) is 140 Å². The lowest BCUT2D eigenvalue weighted by atomic mass is 10.1. The van der Waals surface area contributed by atoms with E-state index < -0.39 is 0 Å². The second-order valence-corrected chi connectivity index (χ2v) is 10.6. The molecule has 0 N–H and O–H groups in total. The molecule has 5 aromatic carbocycles. The molecular formula is C37H23N5O. The van der Waals surface area contributed by atoms with Crippen LogP contribution in [0.3, 0.4) is 0 Å². The number of hydrogen-bond acceptors (Lipinski definition) is 4. The summed E-state index contributed by atoms with van der Waals surface area (Å²) in [4.78, 5) is 15.1. The van der Waals surface area contributed by atoms with Gasteiger partial charge in [-0.3, -0.25) is 4.57 Å². The van der Waals surface area contributed by atoms with Crippen molar-refractivity contribution in [3.8, 4) is 39.6 Å². The number of rotatable bonds is 4. The Morgan fingerprint density at radius 2 is 1.19 bits per heavy atom. The first-order valence-electron chi connectivity index (χ1n) is 14.2. The van der Waals surface area contributed by atoms with Gasteiger partial charge in [0.2, 0.25) is 11.5 Å². The van der Waals surface area contributed by atoms with Crippen LogP contribution in [0.2, 0.25) is 0 Å². The average molecular weight is 554 g/mol. The smallest absolute Gasteiger partial charge is 0.232 e. The molecule has 9 rings (SSSR count). The number of para-hydroxylation sites is 2. The summed E-state index contributed by atoms with van der Waals surface area (Å²) in [5, 5.41) is 1.06. The quantitative estimate of drug-likeness (QED) is 0.218. The van der Waals surface area contributed by atoms with Crippen LogP contribution in [0.25, 0.3) is 78.6 Å². The van der Waals surface area contributed by atoms with Gasteiger partial charge in [0, 0.05) is 27.8 Å². The highest BCUT2D eigenvalue weighted by molar-refractivity contribution is 6.06. The van der Waals surface area contributed by atoms with Gasteiger partial charge in [0.05, 0.1) is 22.4 Å². The summed E-state index contributed by atoms with van der Waals surface area (Å²) in [6.45, 7) is 0. The van der Waals surface area contributed by atoms with Crippen molar-refractivity contribution < 1.29 is 4.42 Å². The van der Waals surface area contributed by atoms with Gasteiger partial charge in [0.25, 0.3) is 0 Å². The van der Waals surface area contributed by atoms with E-state index in [0.29, 0.717) is 5.82 Å². The van der Waals surface area contributed by atoms with E-state index >= 15 is 0 Å². The fourth-order valence-electron chi connectivity index (χ4n) is 5.95. The monoisotopic (exact) mass is 553 g/mol. The van der Waals surface area contributed by atoms with Gasteiger partial charge in [0.1, 0.15) is 11.1 Å². The van der Waals surface area contributed by atoms with Crippen molar-refractivity contribution in [1.29, 1.82) is 0 Å². The van der Waals surface area contributed by atoms with Crippen LogP contribution in [0.1, 0.15) is 0 Å². The molecule has 0 spiro atoms. The maximum Gasteiger partial charge on any atom is 0.232 e. The van der Waals surface area contributed by atoms with E-state index in [9.17, 15) is 0 Å². The van der Waals surface area contributed by atoms with E-state index in [1.165, 1.54) is 0 Å². The average Bonchev–Trinajstić information content (AvgIpc) is 3.73. The largest absolute Gasteiger partial charge is 0.437 e. The number of fused-ring (bicyclic) bond motifs is 7. The van der Waals surface area contributed by atoms with Gasteiger partial charge >= 0.3 is 0 Å². The second kappa shape index (κ2) is 9.26. The predicted octanol–water partition coefficient (Wildman–Crippen LogP) is 8.97. The number of imidazole rings is 2. The van der Waals surface area contributed by atoms with Crippen molar-refractivity contribution >= 4 is 39.0 Å². The molecule has 0 saturated heterocycles. The molecule has 0 saturated carbocycles. The van der Waals surface area contributed by atoms with Crippen LogP contribution in [-0.4, -0.2) is 23.9 Å². The van der Waals surface area contributed by atoms with Crippen LogP contribution in [0.15, 0.2) is 144 Å². The summed E-state index contributed by atoms with van der Waals surface area (Å²) in [6, 6.07) is 47.2. The third-order valence-corrected chi connectivity index (χ3v) is 7.95. The SMILES string of the molecule is c1ccc(-c2cc(-c3ccc4c(c3)nc3n(-c5ccccc5)c5c6ccccc6oc5n43)nc(-c3ccccc3)n2)cc1. The molecule has 0 aliphatic rings. The Labute approximate surface area is 246 Å². The fraction of sp³-hybridized carbons (Fsp3) is 0. The summed E-state index contributed by atoms with van der Waals surface area (Å²) < 4.78 is 10.8. The molecule has 0 bridgehead atoms. The van der Waals surface area contributed by atoms with Crippen molar-refractivity contribution in [2.45, 2.75) is 0 Å². The normalized spacial score (nSPS) is 11.7. The van der Waals surface area contributed by atoms with Gasteiger partial charge in [-0.15, -0.1) is 0 Å². The van der Waals surface area contributed by atoms with Crippen LogP contribution in [0, 0.1) is 0 Å². The molecule has 0 aliphatic heterocycles. The molecule has 0 unspecified atom stereocenters. The third-order valence-electron chi connectivity index (χ3n) is 7.95. The van der Waals surface area contributed by atoms with E-state index in [4.69, 9.17) is 19.4 Å². The molecule has 6 heteroatoms. The maximum atomic E-state index is 6.46. The molecule has 0 atom stereocenters. The molecule has 4 heterocycles. The van der Waals surface area contributed by atoms with E-state index in [0.717, 1.165) is 72.8 Å². The van der Waals surface area contributed by atoms with Crippen molar-refractivity contribution in [1.82, 2.24) is 23.9 Å².